The van der Waals surface area contributed by atoms with E-state index in [2.05, 4.69) is 38.1 Å². The summed E-state index contributed by atoms with van der Waals surface area (Å²) in [5.41, 5.74) is 3.57. The Morgan fingerprint density at radius 1 is 1.19 bits per heavy atom. The summed E-state index contributed by atoms with van der Waals surface area (Å²) in [4.78, 5) is 2.53. The molecule has 2 saturated carbocycles. The Balaban J connectivity index is 1.90. The summed E-state index contributed by atoms with van der Waals surface area (Å²) < 4.78 is 0. The first-order valence-electron chi connectivity index (χ1n) is 8.47. The maximum absolute atomic E-state index is 10.0. The molecule has 0 heterocycles. The van der Waals surface area contributed by atoms with Gasteiger partial charge < -0.3 is 10.0 Å². The summed E-state index contributed by atoms with van der Waals surface area (Å²) in [6, 6.07) is 6.12. The van der Waals surface area contributed by atoms with Gasteiger partial charge in [-0.05, 0) is 86.7 Å². The van der Waals surface area contributed by atoms with Crippen LogP contribution in [0.3, 0.4) is 0 Å². The van der Waals surface area contributed by atoms with Crippen LogP contribution in [0.4, 0.5) is 0 Å². The Kier molecular flexibility index (Phi) is 2.76. The predicted molar refractivity (Wildman–Crippen MR) is 85.6 cm³/mol. The molecule has 114 valence electrons. The van der Waals surface area contributed by atoms with Crippen molar-refractivity contribution in [2.24, 2.45) is 11.8 Å². The van der Waals surface area contributed by atoms with Gasteiger partial charge >= 0.3 is 0 Å². The number of hydrogen-bond acceptors (Lipinski definition) is 2. The molecule has 0 aromatic heterocycles. The molecule has 1 aromatic carbocycles. The number of benzene rings is 1. The van der Waals surface area contributed by atoms with Gasteiger partial charge in [0.25, 0.3) is 0 Å². The maximum atomic E-state index is 10.0. The number of aromatic hydroxyl groups is 1. The molecule has 0 saturated heterocycles. The van der Waals surface area contributed by atoms with E-state index in [0.29, 0.717) is 11.3 Å². The first-order chi connectivity index (χ1) is 9.97. The van der Waals surface area contributed by atoms with Gasteiger partial charge in [-0.3, -0.25) is 0 Å². The molecule has 2 fully saturated rings. The van der Waals surface area contributed by atoms with E-state index in [1.54, 1.807) is 0 Å². The third kappa shape index (κ3) is 1.63. The quantitative estimate of drug-likeness (QED) is 0.850. The van der Waals surface area contributed by atoms with Crippen molar-refractivity contribution < 1.29 is 5.11 Å². The Hall–Kier alpha value is -1.02. The highest BCUT2D eigenvalue weighted by Crippen LogP contribution is 2.63. The molecule has 1 N–H and O–H groups in total. The molecule has 3 aliphatic rings. The minimum absolute atomic E-state index is 0.246. The van der Waals surface area contributed by atoms with Crippen molar-refractivity contribution in [3.05, 3.63) is 29.3 Å². The van der Waals surface area contributed by atoms with Crippen LogP contribution in [0.2, 0.25) is 0 Å². The van der Waals surface area contributed by atoms with Crippen molar-refractivity contribution in [1.82, 2.24) is 4.90 Å². The van der Waals surface area contributed by atoms with E-state index in [1.165, 1.54) is 49.7 Å². The lowest BCUT2D eigenvalue weighted by Crippen LogP contribution is -2.59. The Bertz CT molecular complexity index is 581. The van der Waals surface area contributed by atoms with Crippen LogP contribution in [0.15, 0.2) is 18.2 Å². The fraction of sp³-hybridized carbons (Fsp3) is 0.684. The average Bonchev–Trinajstić information content (AvgIpc) is 2.82. The van der Waals surface area contributed by atoms with Gasteiger partial charge in [0.2, 0.25) is 0 Å². The van der Waals surface area contributed by atoms with Crippen LogP contribution in [-0.4, -0.2) is 29.6 Å². The van der Waals surface area contributed by atoms with Gasteiger partial charge in [0, 0.05) is 5.54 Å². The van der Waals surface area contributed by atoms with E-state index < -0.39 is 0 Å². The molecule has 0 aliphatic heterocycles. The van der Waals surface area contributed by atoms with E-state index in [4.69, 9.17) is 0 Å². The van der Waals surface area contributed by atoms with Crippen molar-refractivity contribution in [2.75, 3.05) is 14.1 Å². The molecular weight excluding hydrogens is 258 g/mol. The number of hydrogen-bond donors (Lipinski definition) is 1. The smallest absolute Gasteiger partial charge is 0.115 e. The summed E-state index contributed by atoms with van der Waals surface area (Å²) in [5, 5.41) is 10.0. The average molecular weight is 285 g/mol. The summed E-state index contributed by atoms with van der Waals surface area (Å²) in [6.45, 7) is 2.48. The molecular formula is C19H27NO. The molecule has 0 spiro atoms. The first-order valence-corrected chi connectivity index (χ1v) is 8.47. The third-order valence-corrected chi connectivity index (χ3v) is 7.07. The van der Waals surface area contributed by atoms with Crippen molar-refractivity contribution in [3.8, 4) is 5.75 Å². The molecule has 0 amide bonds. The van der Waals surface area contributed by atoms with Crippen LogP contribution < -0.4 is 0 Å². The van der Waals surface area contributed by atoms with Gasteiger partial charge in [-0.2, -0.15) is 0 Å². The Labute approximate surface area is 128 Å². The number of phenols is 1. The maximum Gasteiger partial charge on any atom is 0.115 e. The largest absolute Gasteiger partial charge is 0.508 e. The lowest BCUT2D eigenvalue weighted by atomic mass is 9.51. The molecule has 2 heteroatoms. The number of fused-ring (bicyclic) bond motifs is 2. The normalized spacial score (nSPS) is 41.0. The molecule has 1 unspecified atom stereocenters. The Morgan fingerprint density at radius 3 is 2.76 bits per heavy atom. The van der Waals surface area contributed by atoms with E-state index >= 15 is 0 Å². The van der Waals surface area contributed by atoms with E-state index in [9.17, 15) is 5.11 Å². The molecule has 0 radical (unpaired) electrons. The van der Waals surface area contributed by atoms with E-state index in [0.717, 1.165) is 11.8 Å². The van der Waals surface area contributed by atoms with Gasteiger partial charge in [-0.1, -0.05) is 19.4 Å². The minimum atomic E-state index is 0.246. The monoisotopic (exact) mass is 285 g/mol. The molecule has 4 rings (SSSR count). The predicted octanol–water partition coefficient (Wildman–Crippen LogP) is 3.72. The van der Waals surface area contributed by atoms with Crippen molar-refractivity contribution in [2.45, 2.75) is 56.4 Å². The van der Waals surface area contributed by atoms with Crippen molar-refractivity contribution in [3.63, 3.8) is 0 Å². The van der Waals surface area contributed by atoms with Crippen molar-refractivity contribution in [1.29, 1.82) is 0 Å². The highest BCUT2D eigenvalue weighted by Gasteiger charge is 2.61. The summed E-state index contributed by atoms with van der Waals surface area (Å²) in [6.07, 6.45) is 7.88. The zero-order valence-corrected chi connectivity index (χ0v) is 13.5. The lowest BCUT2D eigenvalue weighted by Gasteiger charge is -2.57. The van der Waals surface area contributed by atoms with Gasteiger partial charge in [0.05, 0.1) is 0 Å². The van der Waals surface area contributed by atoms with Crippen LogP contribution in [0.5, 0.6) is 5.75 Å². The zero-order chi connectivity index (χ0) is 14.8. The van der Waals surface area contributed by atoms with Crippen LogP contribution in [0.1, 0.15) is 50.2 Å². The molecule has 1 aromatic rings. The second-order valence-electron chi connectivity index (χ2n) is 8.09. The van der Waals surface area contributed by atoms with Gasteiger partial charge in [-0.25, -0.2) is 0 Å². The second kappa shape index (κ2) is 4.25. The van der Waals surface area contributed by atoms with Crippen molar-refractivity contribution >= 4 is 0 Å². The number of phenolic OH excluding ortho intramolecular Hbond substituents is 1. The summed E-state index contributed by atoms with van der Waals surface area (Å²) in [7, 11) is 4.57. The number of rotatable bonds is 1. The van der Waals surface area contributed by atoms with Crippen LogP contribution in [0.25, 0.3) is 0 Å². The fourth-order valence-corrected chi connectivity index (χ4v) is 6.31. The lowest BCUT2D eigenvalue weighted by molar-refractivity contribution is -0.0108. The summed E-state index contributed by atoms with van der Waals surface area (Å²) >= 11 is 0. The highest BCUT2D eigenvalue weighted by molar-refractivity contribution is 5.45. The van der Waals surface area contributed by atoms with Crippen LogP contribution in [0, 0.1) is 11.8 Å². The number of nitrogens with zero attached hydrogens (tertiary/aromatic N) is 1. The zero-order valence-electron chi connectivity index (χ0n) is 13.5. The summed E-state index contributed by atoms with van der Waals surface area (Å²) in [5.74, 6) is 2.02. The molecule has 21 heavy (non-hydrogen) atoms. The van der Waals surface area contributed by atoms with E-state index in [-0.39, 0.29) is 5.41 Å². The second-order valence-corrected chi connectivity index (χ2v) is 8.09. The van der Waals surface area contributed by atoms with Gasteiger partial charge in [-0.15, -0.1) is 0 Å². The fourth-order valence-electron chi connectivity index (χ4n) is 6.31. The standard InChI is InChI=1S/C19H27NO/c1-18-8-4-9-19(20(2)3)10-7-14(17(18)19)11-13-5-6-15(21)12-16(13)18/h5-6,12,14,17,21H,4,7-11H2,1-3H3/t14-,17-,18+,19?/m0/s1. The van der Waals surface area contributed by atoms with Crippen LogP contribution >= 0.6 is 0 Å². The van der Waals surface area contributed by atoms with E-state index in [1.807, 2.05) is 6.07 Å². The van der Waals surface area contributed by atoms with Gasteiger partial charge in [0.15, 0.2) is 0 Å². The molecule has 0 bridgehead atoms. The first kappa shape index (κ1) is 13.6. The molecule has 4 atom stereocenters. The minimum Gasteiger partial charge on any atom is -0.508 e. The molecule has 3 aliphatic carbocycles. The molecule has 2 nitrogen and oxygen atoms in total. The third-order valence-electron chi connectivity index (χ3n) is 7.07. The van der Waals surface area contributed by atoms with Crippen LogP contribution in [-0.2, 0) is 11.8 Å². The van der Waals surface area contributed by atoms with Gasteiger partial charge in [0.1, 0.15) is 5.75 Å². The SMILES string of the molecule is CN(C)C12CCC[C@]3(C)c4cc(O)ccc4C[C@H](CC1)[C@H]23. The Morgan fingerprint density at radius 2 is 2.00 bits per heavy atom. The topological polar surface area (TPSA) is 23.5 Å². The highest BCUT2D eigenvalue weighted by atomic mass is 16.3.